The number of morpholine rings is 1. The van der Waals surface area contributed by atoms with Crippen molar-refractivity contribution in [3.8, 4) is 0 Å². The number of ketones is 1. The van der Waals surface area contributed by atoms with Crippen molar-refractivity contribution < 1.29 is 19.7 Å². The summed E-state index contributed by atoms with van der Waals surface area (Å²) < 4.78 is 5.58. The number of allylic oxidation sites excluding steroid dienone is 2. The molecule has 5 nitrogen and oxygen atoms in total. The fraction of sp³-hybridized carbons (Fsp3) is 0.545. The standard InChI is InChI=1S/C33H43NO4/c1-24-7-6-15-32(2)30(14-16-33(32,37)23-34-17-19-38-20-18-34)28-13-11-25(21-27(35)12-10-24)22-29(28)31(36)26-8-4-3-5-9-26/h3-5,7-9,11,13,22,27,30,35,37H,6,10,12,14-21,23H2,1-2H3/t27-,30-,32-,33+/m0/s1. The van der Waals surface area contributed by atoms with Crippen molar-refractivity contribution in [1.82, 2.24) is 4.90 Å². The molecule has 4 aliphatic rings. The minimum atomic E-state index is -0.851. The first-order valence-electron chi connectivity index (χ1n) is 14.4. The van der Waals surface area contributed by atoms with Crippen LogP contribution >= 0.6 is 0 Å². The number of carbonyl (C=O) groups excluding carboxylic acids is 1. The third kappa shape index (κ3) is 5.53. The van der Waals surface area contributed by atoms with Gasteiger partial charge in [-0.25, -0.2) is 0 Å². The van der Waals surface area contributed by atoms with Gasteiger partial charge >= 0.3 is 0 Å². The van der Waals surface area contributed by atoms with Gasteiger partial charge in [-0.2, -0.15) is 0 Å². The number of aliphatic hydroxyl groups excluding tert-OH is 1. The van der Waals surface area contributed by atoms with Crippen molar-refractivity contribution in [3.63, 3.8) is 0 Å². The molecule has 204 valence electrons. The van der Waals surface area contributed by atoms with Crippen molar-refractivity contribution in [2.24, 2.45) is 5.41 Å². The maximum Gasteiger partial charge on any atom is 0.193 e. The Labute approximate surface area is 227 Å². The average Bonchev–Trinajstić information content (AvgIpc) is 3.17. The molecule has 0 radical (unpaired) electrons. The third-order valence-electron chi connectivity index (χ3n) is 9.54. The Hall–Kier alpha value is -2.31. The van der Waals surface area contributed by atoms with Crippen molar-refractivity contribution in [2.75, 3.05) is 32.8 Å². The molecule has 5 heteroatoms. The summed E-state index contributed by atoms with van der Waals surface area (Å²) in [7, 11) is 0. The van der Waals surface area contributed by atoms with Gasteiger partial charge in [-0.1, -0.05) is 61.0 Å². The van der Waals surface area contributed by atoms with Gasteiger partial charge in [-0.15, -0.1) is 0 Å². The molecule has 38 heavy (non-hydrogen) atoms. The second-order valence-electron chi connectivity index (χ2n) is 12.0. The number of β-amino-alcohol motifs (C(OH)–C–C–N with tert-alkyl or cyclic N) is 1. The second kappa shape index (κ2) is 11.4. The van der Waals surface area contributed by atoms with Gasteiger partial charge < -0.3 is 14.9 Å². The van der Waals surface area contributed by atoms with Crippen LogP contribution in [0.25, 0.3) is 0 Å². The molecule has 1 saturated carbocycles. The lowest BCUT2D eigenvalue weighted by Crippen LogP contribution is -2.54. The van der Waals surface area contributed by atoms with Gasteiger partial charge in [-0.3, -0.25) is 9.69 Å². The second-order valence-corrected chi connectivity index (χ2v) is 12.0. The van der Waals surface area contributed by atoms with Crippen molar-refractivity contribution in [1.29, 1.82) is 0 Å². The molecular weight excluding hydrogens is 474 g/mol. The minimum absolute atomic E-state index is 0.0192. The highest BCUT2D eigenvalue weighted by atomic mass is 16.5. The van der Waals surface area contributed by atoms with Crippen LogP contribution in [0.2, 0.25) is 0 Å². The molecule has 1 aliphatic heterocycles. The number of hydrogen-bond donors (Lipinski definition) is 2. The predicted molar refractivity (Wildman–Crippen MR) is 151 cm³/mol. The molecule has 2 aromatic rings. The lowest BCUT2D eigenvalue weighted by molar-refractivity contribution is -0.0959. The van der Waals surface area contributed by atoms with Gasteiger partial charge in [0, 0.05) is 36.2 Å². The first kappa shape index (κ1) is 27.3. The molecule has 3 aliphatic carbocycles. The summed E-state index contributed by atoms with van der Waals surface area (Å²) in [5.74, 6) is 0.0811. The zero-order chi connectivity index (χ0) is 26.8. The Morgan fingerprint density at radius 2 is 1.84 bits per heavy atom. The van der Waals surface area contributed by atoms with Crippen LogP contribution in [0.3, 0.4) is 0 Å². The molecule has 2 N–H and O–H groups in total. The lowest BCUT2D eigenvalue weighted by Gasteiger charge is -2.46. The zero-order valence-electron chi connectivity index (χ0n) is 23.0. The Morgan fingerprint density at radius 3 is 2.61 bits per heavy atom. The summed E-state index contributed by atoms with van der Waals surface area (Å²) in [5, 5.41) is 23.2. The molecular formula is C33H43NO4. The van der Waals surface area contributed by atoms with Crippen LogP contribution < -0.4 is 0 Å². The Bertz CT molecular complexity index is 1150. The first-order valence-corrected chi connectivity index (χ1v) is 14.4. The number of hydrogen-bond acceptors (Lipinski definition) is 5. The van der Waals surface area contributed by atoms with E-state index in [0.29, 0.717) is 44.6 Å². The number of fused-ring (bicyclic) bond motifs is 8. The lowest BCUT2D eigenvalue weighted by atomic mass is 9.64. The molecule has 2 bridgehead atoms. The highest BCUT2D eigenvalue weighted by molar-refractivity contribution is 6.10. The van der Waals surface area contributed by atoms with Crippen molar-refractivity contribution >= 4 is 5.78 Å². The summed E-state index contributed by atoms with van der Waals surface area (Å²) in [6, 6.07) is 15.7. The maximum atomic E-state index is 13.9. The van der Waals surface area contributed by atoms with Crippen LogP contribution in [0, 0.1) is 5.41 Å². The molecule has 0 aromatic heterocycles. The van der Waals surface area contributed by atoms with E-state index in [4.69, 9.17) is 4.74 Å². The molecule has 4 atom stereocenters. The van der Waals surface area contributed by atoms with E-state index < -0.39 is 11.7 Å². The van der Waals surface area contributed by atoms with Crippen LogP contribution in [0.15, 0.2) is 60.2 Å². The highest BCUT2D eigenvalue weighted by Crippen LogP contribution is 2.58. The van der Waals surface area contributed by atoms with E-state index in [1.165, 1.54) is 5.57 Å². The van der Waals surface area contributed by atoms with Crippen molar-refractivity contribution in [3.05, 3.63) is 82.4 Å². The monoisotopic (exact) mass is 517 g/mol. The number of benzene rings is 2. The van der Waals surface area contributed by atoms with Crippen LogP contribution in [-0.2, 0) is 11.2 Å². The summed E-state index contributed by atoms with van der Waals surface area (Å²) >= 11 is 0. The number of rotatable bonds is 4. The van der Waals surface area contributed by atoms with Gasteiger partial charge in [-0.05, 0) is 75.0 Å². The summed E-state index contributed by atoms with van der Waals surface area (Å²) in [6.45, 7) is 8.15. The van der Waals surface area contributed by atoms with E-state index in [1.54, 1.807) is 0 Å². The summed E-state index contributed by atoms with van der Waals surface area (Å²) in [6.07, 6.45) is 7.23. The van der Waals surface area contributed by atoms with E-state index in [-0.39, 0.29) is 17.1 Å². The van der Waals surface area contributed by atoms with E-state index in [2.05, 4.69) is 37.0 Å². The topological polar surface area (TPSA) is 70.0 Å². The van der Waals surface area contributed by atoms with Gasteiger partial charge in [0.25, 0.3) is 0 Å². The fourth-order valence-corrected chi connectivity index (χ4v) is 7.07. The highest BCUT2D eigenvalue weighted by Gasteiger charge is 2.57. The number of nitrogens with zero attached hydrogens (tertiary/aromatic N) is 1. The predicted octanol–water partition coefficient (Wildman–Crippen LogP) is 5.29. The molecule has 0 spiro atoms. The maximum absolute atomic E-state index is 13.9. The first-order chi connectivity index (χ1) is 18.3. The number of ether oxygens (including phenoxy) is 1. The Morgan fingerprint density at radius 1 is 1.08 bits per heavy atom. The van der Waals surface area contributed by atoms with Gasteiger partial charge in [0.2, 0.25) is 0 Å². The van der Waals surface area contributed by atoms with Gasteiger partial charge in [0.05, 0.1) is 24.9 Å². The molecule has 0 unspecified atom stereocenters. The summed E-state index contributed by atoms with van der Waals surface area (Å²) in [4.78, 5) is 16.3. The molecule has 1 saturated heterocycles. The van der Waals surface area contributed by atoms with Crippen LogP contribution in [-0.4, -0.2) is 65.4 Å². The van der Waals surface area contributed by atoms with Gasteiger partial charge in [0.15, 0.2) is 5.78 Å². The SMILES string of the molecule is CC1=CCC[C@@]2(C)[C@@H](CC[C@@]2(O)CN2CCOCC2)c2ccc(cc2C(=O)c2ccccc2)C[C@@H](O)CC1. The molecule has 0 amide bonds. The molecule has 2 fully saturated rings. The Kier molecular flexibility index (Phi) is 8.20. The summed E-state index contributed by atoms with van der Waals surface area (Å²) in [5.41, 5.74) is 3.47. The van der Waals surface area contributed by atoms with E-state index in [0.717, 1.165) is 55.5 Å². The zero-order valence-corrected chi connectivity index (χ0v) is 23.0. The minimum Gasteiger partial charge on any atom is -0.393 e. The van der Waals surface area contributed by atoms with Crippen LogP contribution in [0.4, 0.5) is 0 Å². The Balaban J connectivity index is 1.59. The molecule has 2 aromatic carbocycles. The van der Waals surface area contributed by atoms with Crippen LogP contribution in [0.5, 0.6) is 0 Å². The molecule has 6 rings (SSSR count). The van der Waals surface area contributed by atoms with Gasteiger partial charge in [0.1, 0.15) is 0 Å². The molecule has 1 heterocycles. The third-order valence-corrected chi connectivity index (χ3v) is 9.54. The van der Waals surface area contributed by atoms with E-state index in [9.17, 15) is 15.0 Å². The van der Waals surface area contributed by atoms with E-state index in [1.807, 2.05) is 36.4 Å². The average molecular weight is 518 g/mol. The normalized spacial score (nSPS) is 30.9. The smallest absolute Gasteiger partial charge is 0.193 e. The number of carbonyl (C=O) groups is 1. The fourth-order valence-electron chi connectivity index (χ4n) is 7.07. The largest absolute Gasteiger partial charge is 0.393 e. The van der Waals surface area contributed by atoms with Crippen molar-refractivity contribution in [2.45, 2.75) is 76.4 Å². The van der Waals surface area contributed by atoms with Crippen LogP contribution in [0.1, 0.15) is 85.3 Å². The number of aliphatic hydroxyl groups is 2. The quantitative estimate of drug-likeness (QED) is 0.426. The van der Waals surface area contributed by atoms with E-state index >= 15 is 0 Å².